The third-order valence-electron chi connectivity index (χ3n) is 2.83. The molecular formula is C12H11Cl2NO2. The number of rotatable bonds is 3. The number of allylic oxidation sites excluding steroid dienone is 1. The highest BCUT2D eigenvalue weighted by Gasteiger charge is 2.23. The van der Waals surface area contributed by atoms with Crippen LogP contribution in [0.2, 0.25) is 10.0 Å². The van der Waals surface area contributed by atoms with Crippen LogP contribution in [0.25, 0.3) is 5.57 Å². The molecule has 17 heavy (non-hydrogen) atoms. The lowest BCUT2D eigenvalue weighted by Gasteiger charge is -2.11. The first-order valence-corrected chi connectivity index (χ1v) is 5.91. The molecule has 3 N–H and O–H groups in total. The second-order valence-corrected chi connectivity index (χ2v) is 4.76. The lowest BCUT2D eigenvalue weighted by molar-refractivity contribution is -0.138. The Morgan fingerprint density at radius 3 is 2.82 bits per heavy atom. The fraction of sp³-hybridized carbons (Fsp3) is 0.250. The minimum atomic E-state index is -1.02. The average molecular weight is 272 g/mol. The van der Waals surface area contributed by atoms with Crippen molar-refractivity contribution < 1.29 is 9.90 Å². The number of hydrogen-bond acceptors (Lipinski definition) is 2. The molecule has 1 aliphatic rings. The number of benzene rings is 1. The van der Waals surface area contributed by atoms with Crippen LogP contribution in [-0.4, -0.2) is 17.1 Å². The Morgan fingerprint density at radius 1 is 1.47 bits per heavy atom. The zero-order valence-corrected chi connectivity index (χ0v) is 10.4. The van der Waals surface area contributed by atoms with Gasteiger partial charge in [-0.05, 0) is 30.0 Å². The second kappa shape index (κ2) is 4.69. The van der Waals surface area contributed by atoms with E-state index >= 15 is 0 Å². The molecule has 0 aromatic heterocycles. The number of carbonyl (C=O) groups is 1. The predicted octanol–water partition coefficient (Wildman–Crippen LogP) is 2.73. The highest BCUT2D eigenvalue weighted by atomic mass is 35.5. The molecule has 90 valence electrons. The monoisotopic (exact) mass is 271 g/mol. The van der Waals surface area contributed by atoms with Crippen molar-refractivity contribution in [1.29, 1.82) is 0 Å². The molecule has 2 rings (SSSR count). The van der Waals surface area contributed by atoms with Crippen LogP contribution in [0.3, 0.4) is 0 Å². The molecule has 0 saturated heterocycles. The Labute approximate surface area is 109 Å². The van der Waals surface area contributed by atoms with Crippen LogP contribution in [0, 0.1) is 0 Å². The first-order valence-electron chi connectivity index (χ1n) is 5.15. The fourth-order valence-electron chi connectivity index (χ4n) is 1.95. The van der Waals surface area contributed by atoms with E-state index in [1.165, 1.54) is 0 Å². The molecule has 0 radical (unpaired) electrons. The molecule has 0 bridgehead atoms. The number of carboxylic acids is 1. The molecule has 0 saturated carbocycles. The van der Waals surface area contributed by atoms with Gasteiger partial charge in [0.25, 0.3) is 0 Å². The van der Waals surface area contributed by atoms with E-state index in [0.717, 1.165) is 23.1 Å². The number of carboxylic acid groups (broad SMARTS) is 1. The zero-order valence-electron chi connectivity index (χ0n) is 8.91. The Morgan fingerprint density at radius 2 is 2.18 bits per heavy atom. The fourth-order valence-corrected chi connectivity index (χ4v) is 2.42. The van der Waals surface area contributed by atoms with Crippen LogP contribution in [0.5, 0.6) is 0 Å². The van der Waals surface area contributed by atoms with Gasteiger partial charge in [-0.2, -0.15) is 0 Å². The number of nitrogens with two attached hydrogens (primary N) is 1. The van der Waals surface area contributed by atoms with Gasteiger partial charge >= 0.3 is 5.97 Å². The molecular weight excluding hydrogens is 261 g/mol. The van der Waals surface area contributed by atoms with Gasteiger partial charge in [0.2, 0.25) is 0 Å². The van der Waals surface area contributed by atoms with E-state index in [9.17, 15) is 4.79 Å². The molecule has 3 nitrogen and oxygen atoms in total. The lowest BCUT2D eigenvalue weighted by atomic mass is 10.00. The summed E-state index contributed by atoms with van der Waals surface area (Å²) in [6.07, 6.45) is 2.96. The summed E-state index contributed by atoms with van der Waals surface area (Å²) in [6, 6.07) is 2.73. The van der Waals surface area contributed by atoms with Crippen molar-refractivity contribution in [2.45, 2.75) is 18.9 Å². The van der Waals surface area contributed by atoms with Crippen molar-refractivity contribution in [3.05, 3.63) is 39.4 Å². The summed E-state index contributed by atoms with van der Waals surface area (Å²) >= 11 is 12.1. The van der Waals surface area contributed by atoms with Crippen molar-refractivity contribution in [3.63, 3.8) is 0 Å². The molecule has 1 aliphatic carbocycles. The van der Waals surface area contributed by atoms with Crippen molar-refractivity contribution in [2.75, 3.05) is 0 Å². The van der Waals surface area contributed by atoms with Gasteiger partial charge < -0.3 is 10.8 Å². The highest BCUT2D eigenvalue weighted by Crippen LogP contribution is 2.39. The van der Waals surface area contributed by atoms with Crippen molar-refractivity contribution in [3.8, 4) is 0 Å². The number of aliphatic carboxylic acids is 1. The molecule has 5 heteroatoms. The lowest BCUT2D eigenvalue weighted by Crippen LogP contribution is -2.30. The van der Waals surface area contributed by atoms with Crippen molar-refractivity contribution in [1.82, 2.24) is 0 Å². The van der Waals surface area contributed by atoms with E-state index in [-0.39, 0.29) is 6.42 Å². The zero-order chi connectivity index (χ0) is 12.6. The highest BCUT2D eigenvalue weighted by molar-refractivity contribution is 6.43. The smallest absolute Gasteiger partial charge is 0.320 e. The first-order chi connectivity index (χ1) is 8.00. The van der Waals surface area contributed by atoms with Gasteiger partial charge in [0.1, 0.15) is 6.04 Å². The Bertz CT molecular complexity index is 511. The third kappa shape index (κ3) is 2.32. The Hall–Kier alpha value is -1.03. The number of halogens is 2. The van der Waals surface area contributed by atoms with Gasteiger partial charge in [0, 0.05) is 5.56 Å². The Kier molecular flexibility index (Phi) is 3.43. The molecule has 0 aliphatic heterocycles. The molecule has 0 unspecified atom stereocenters. The van der Waals surface area contributed by atoms with E-state index in [1.54, 1.807) is 6.07 Å². The van der Waals surface area contributed by atoms with Crippen LogP contribution in [0.1, 0.15) is 17.5 Å². The van der Waals surface area contributed by atoms with Gasteiger partial charge in [-0.25, -0.2) is 0 Å². The number of hydrogen-bond donors (Lipinski definition) is 2. The van der Waals surface area contributed by atoms with Gasteiger partial charge in [0.05, 0.1) is 10.0 Å². The van der Waals surface area contributed by atoms with Crippen LogP contribution < -0.4 is 5.73 Å². The molecule has 0 heterocycles. The SMILES string of the molecule is N[C@@H](CC1=CCc2ccc(Cl)c(Cl)c21)C(=O)O. The molecule has 1 aromatic carbocycles. The van der Waals surface area contributed by atoms with E-state index < -0.39 is 12.0 Å². The minimum Gasteiger partial charge on any atom is -0.480 e. The topological polar surface area (TPSA) is 63.3 Å². The summed E-state index contributed by atoms with van der Waals surface area (Å²) in [5.74, 6) is -1.02. The predicted molar refractivity (Wildman–Crippen MR) is 68.4 cm³/mol. The van der Waals surface area contributed by atoms with Crippen LogP contribution >= 0.6 is 23.2 Å². The standard InChI is InChI=1S/C12H11Cl2NO2/c13-8-4-3-6-1-2-7(10(6)11(8)14)5-9(15)12(16)17/h2-4,9H,1,5,15H2,(H,16,17)/t9-/m0/s1. The van der Waals surface area contributed by atoms with Gasteiger partial charge in [-0.15, -0.1) is 0 Å². The Balaban J connectivity index is 2.32. The summed E-state index contributed by atoms with van der Waals surface area (Å²) in [5.41, 5.74) is 8.29. The van der Waals surface area contributed by atoms with Gasteiger partial charge in [-0.3, -0.25) is 4.79 Å². The first kappa shape index (κ1) is 12.4. The quantitative estimate of drug-likeness (QED) is 0.889. The molecule has 0 fully saturated rings. The molecule has 1 aromatic rings. The summed E-state index contributed by atoms with van der Waals surface area (Å²) in [6.45, 7) is 0. The van der Waals surface area contributed by atoms with E-state index in [0.29, 0.717) is 10.0 Å². The summed E-state index contributed by atoms with van der Waals surface area (Å²) in [7, 11) is 0. The normalized spacial score (nSPS) is 15.4. The van der Waals surface area contributed by atoms with E-state index in [1.807, 2.05) is 12.1 Å². The largest absolute Gasteiger partial charge is 0.480 e. The van der Waals surface area contributed by atoms with Crippen LogP contribution in [0.15, 0.2) is 18.2 Å². The van der Waals surface area contributed by atoms with E-state index in [2.05, 4.69) is 0 Å². The van der Waals surface area contributed by atoms with Crippen LogP contribution in [0.4, 0.5) is 0 Å². The summed E-state index contributed by atoms with van der Waals surface area (Å²) < 4.78 is 0. The van der Waals surface area contributed by atoms with Crippen LogP contribution in [-0.2, 0) is 11.2 Å². The molecule has 1 atom stereocenters. The van der Waals surface area contributed by atoms with Gasteiger partial charge in [0.15, 0.2) is 0 Å². The number of fused-ring (bicyclic) bond motifs is 1. The maximum atomic E-state index is 10.7. The van der Waals surface area contributed by atoms with Crippen molar-refractivity contribution in [2.24, 2.45) is 5.73 Å². The summed E-state index contributed by atoms with van der Waals surface area (Å²) in [5, 5.41) is 9.75. The molecule has 0 amide bonds. The second-order valence-electron chi connectivity index (χ2n) is 3.98. The maximum Gasteiger partial charge on any atom is 0.320 e. The average Bonchev–Trinajstić information content (AvgIpc) is 2.67. The van der Waals surface area contributed by atoms with E-state index in [4.69, 9.17) is 34.0 Å². The third-order valence-corrected chi connectivity index (χ3v) is 3.63. The molecule has 0 spiro atoms. The summed E-state index contributed by atoms with van der Waals surface area (Å²) in [4.78, 5) is 10.7. The maximum absolute atomic E-state index is 10.7. The minimum absolute atomic E-state index is 0.266. The van der Waals surface area contributed by atoms with Gasteiger partial charge in [-0.1, -0.05) is 35.3 Å². The van der Waals surface area contributed by atoms with Crippen molar-refractivity contribution >= 4 is 34.7 Å².